The van der Waals surface area contributed by atoms with Gasteiger partial charge < -0.3 is 55.4 Å². The van der Waals surface area contributed by atoms with E-state index in [9.17, 15) is 0 Å². The van der Waals surface area contributed by atoms with Crippen molar-refractivity contribution < 1.29 is 14.2 Å². The van der Waals surface area contributed by atoms with Gasteiger partial charge in [0.25, 0.3) is 0 Å². The highest BCUT2D eigenvalue weighted by atomic mass is 16.5. The molecule has 0 saturated carbocycles. The molecule has 466 valence electrons. The van der Waals surface area contributed by atoms with Gasteiger partial charge >= 0.3 is 0 Å². The van der Waals surface area contributed by atoms with Gasteiger partial charge in [-0.25, -0.2) is 59.8 Å². The average molecular weight is 1250 g/mol. The Labute approximate surface area is 543 Å². The third kappa shape index (κ3) is 14.3. The lowest BCUT2D eigenvalue weighted by Gasteiger charge is -2.10. The maximum Gasteiger partial charge on any atom is 0.227 e. The van der Waals surface area contributed by atoms with E-state index in [2.05, 4.69) is 114 Å². The van der Waals surface area contributed by atoms with Crippen molar-refractivity contribution in [3.63, 3.8) is 0 Å². The third-order valence-corrected chi connectivity index (χ3v) is 14.9. The lowest BCUT2D eigenvalue weighted by atomic mass is 10.1. The molecule has 0 aliphatic carbocycles. The van der Waals surface area contributed by atoms with Crippen LogP contribution in [-0.4, -0.2) is 101 Å². The molecule has 0 radical (unpaired) electrons. The minimum Gasteiger partial charge on any atom is -0.497 e. The van der Waals surface area contributed by atoms with Crippen LogP contribution in [0.1, 0.15) is 5.56 Å². The Bertz CT molecular complexity index is 5240. The smallest absolute Gasteiger partial charge is 0.227 e. The largest absolute Gasteiger partial charge is 0.497 e. The first-order valence-corrected chi connectivity index (χ1v) is 29.9. The van der Waals surface area contributed by atoms with Crippen LogP contribution in [0.4, 0.5) is 46.5 Å². The molecular formula is C72H60N20O3. The summed E-state index contributed by atoms with van der Waals surface area (Å²) in [5, 5.41) is 17.0. The van der Waals surface area contributed by atoms with Crippen LogP contribution < -0.4 is 35.5 Å². The number of anilines is 8. The fraction of sp³-hybridized carbons (Fsp3) is 0.0556. The number of ether oxygens (including phenoxy) is 3. The van der Waals surface area contributed by atoms with Crippen LogP contribution in [0.2, 0.25) is 0 Å². The minimum atomic E-state index is 0.509. The van der Waals surface area contributed by atoms with E-state index in [1.807, 2.05) is 189 Å². The molecule has 4 aromatic carbocycles. The van der Waals surface area contributed by atoms with Crippen LogP contribution in [0.25, 0.3) is 89.2 Å². The monoisotopic (exact) mass is 1250 g/mol. The molecule has 23 heteroatoms. The molecule has 0 amide bonds. The van der Waals surface area contributed by atoms with Crippen LogP contribution in [0.5, 0.6) is 17.2 Å². The Morgan fingerprint density at radius 3 is 1.12 bits per heavy atom. The number of rotatable bonds is 15. The van der Waals surface area contributed by atoms with E-state index in [0.29, 0.717) is 23.8 Å². The minimum absolute atomic E-state index is 0.509. The number of nitrogens with zero attached hydrogens (tertiary/aromatic N) is 12. The molecule has 0 bridgehead atoms. The number of hydrogen-bond donors (Lipinski definition) is 8. The van der Waals surface area contributed by atoms with Crippen LogP contribution in [0.15, 0.2) is 244 Å². The van der Waals surface area contributed by atoms with Gasteiger partial charge in [-0.2, -0.15) is 0 Å². The average Bonchev–Trinajstić information content (AvgIpc) is 1.73. The zero-order chi connectivity index (χ0) is 64.7. The first-order valence-electron chi connectivity index (χ1n) is 29.9. The molecule has 0 saturated heterocycles. The standard InChI is InChI=1S/3C18H15N5O.C18H15N5/c1-24-13-5-2-4-12(10-13)22-18-20-9-7-16(23-18)15-11-21-17-14(15)6-3-8-19-17;1-24-13-6-4-12(5-7-13)22-18-20-10-8-16(23-18)15-11-21-17-14(15)3-2-9-19-17;1-24-16-7-3-2-6-15(16)23-18-20-10-8-14(22-18)13-11-21-17-12(13)5-4-9-19-17;1-12-5-2-3-7-15(12)22-18-20-10-8-16(23-18)14-11-21-17-13(14)6-4-9-19-17/h3*2-11H,1H3,(H,19,21)(H,20,22,23);2-11H,1H3,(H,19,21)(H,20,22,23). The molecule has 16 aromatic rings. The molecular weight excluding hydrogens is 1190 g/mol. The molecule has 0 unspecified atom stereocenters. The summed E-state index contributed by atoms with van der Waals surface area (Å²) in [4.78, 5) is 65.5. The van der Waals surface area contributed by atoms with Gasteiger partial charge in [-0.15, -0.1) is 0 Å². The van der Waals surface area contributed by atoms with E-state index in [1.54, 1.807) is 70.9 Å². The fourth-order valence-corrected chi connectivity index (χ4v) is 10.3. The zero-order valence-electron chi connectivity index (χ0n) is 51.7. The molecule has 95 heavy (non-hydrogen) atoms. The summed E-state index contributed by atoms with van der Waals surface area (Å²) in [6.07, 6.45) is 21.7. The Balaban J connectivity index is 0.000000115. The van der Waals surface area contributed by atoms with Crippen molar-refractivity contribution in [2.45, 2.75) is 6.92 Å². The second-order valence-electron chi connectivity index (χ2n) is 20.9. The van der Waals surface area contributed by atoms with Crippen molar-refractivity contribution in [1.82, 2.24) is 79.7 Å². The summed E-state index contributed by atoms with van der Waals surface area (Å²) in [7, 11) is 4.92. The first kappa shape index (κ1) is 60.5. The van der Waals surface area contributed by atoms with Gasteiger partial charge in [-0.3, -0.25) is 0 Å². The number of aromatic amines is 4. The highest BCUT2D eigenvalue weighted by molar-refractivity contribution is 5.95. The zero-order valence-corrected chi connectivity index (χ0v) is 51.7. The van der Waals surface area contributed by atoms with Gasteiger partial charge in [-0.05, 0) is 140 Å². The third-order valence-electron chi connectivity index (χ3n) is 14.9. The number of aryl methyl sites for hydroxylation is 1. The van der Waals surface area contributed by atoms with E-state index in [0.717, 1.165) is 135 Å². The highest BCUT2D eigenvalue weighted by Gasteiger charge is 2.15. The molecule has 0 aliphatic rings. The Hall–Kier alpha value is -13.4. The topological polar surface area (TPSA) is 294 Å². The van der Waals surface area contributed by atoms with Crippen LogP contribution in [-0.2, 0) is 0 Å². The molecule has 12 heterocycles. The molecule has 0 spiro atoms. The molecule has 23 nitrogen and oxygen atoms in total. The first-order chi connectivity index (χ1) is 46.8. The molecule has 0 fully saturated rings. The fourth-order valence-electron chi connectivity index (χ4n) is 10.3. The van der Waals surface area contributed by atoms with Crippen molar-refractivity contribution >= 4 is 90.7 Å². The number of benzene rings is 4. The number of hydrogen-bond acceptors (Lipinski definition) is 19. The van der Waals surface area contributed by atoms with Gasteiger partial charge in [0.2, 0.25) is 23.8 Å². The summed E-state index contributed by atoms with van der Waals surface area (Å²) >= 11 is 0. The lowest BCUT2D eigenvalue weighted by Crippen LogP contribution is -1.99. The van der Waals surface area contributed by atoms with Crippen molar-refractivity contribution in [3.8, 4) is 62.3 Å². The second-order valence-corrected chi connectivity index (χ2v) is 20.9. The van der Waals surface area contributed by atoms with Gasteiger partial charge in [0, 0.05) is 141 Å². The molecule has 8 N–H and O–H groups in total. The molecule has 0 atom stereocenters. The van der Waals surface area contributed by atoms with Crippen molar-refractivity contribution in [2.24, 2.45) is 0 Å². The predicted octanol–water partition coefficient (Wildman–Crippen LogP) is 15.4. The van der Waals surface area contributed by atoms with Crippen molar-refractivity contribution in [2.75, 3.05) is 42.6 Å². The van der Waals surface area contributed by atoms with Gasteiger partial charge in [-0.1, -0.05) is 36.4 Å². The summed E-state index contributed by atoms with van der Waals surface area (Å²) in [6.45, 7) is 2.05. The van der Waals surface area contributed by atoms with Gasteiger partial charge in [0.1, 0.15) is 39.8 Å². The molecule has 12 aromatic heterocycles. The summed E-state index contributed by atoms with van der Waals surface area (Å²) in [6, 6.07) is 54.3. The summed E-state index contributed by atoms with van der Waals surface area (Å²) < 4.78 is 15.7. The predicted molar refractivity (Wildman–Crippen MR) is 372 cm³/mol. The highest BCUT2D eigenvalue weighted by Crippen LogP contribution is 2.33. The lowest BCUT2D eigenvalue weighted by molar-refractivity contribution is 0.415. The maximum atomic E-state index is 5.35. The number of aromatic nitrogens is 16. The van der Waals surface area contributed by atoms with E-state index in [-0.39, 0.29) is 0 Å². The Morgan fingerprint density at radius 2 is 0.695 bits per heavy atom. The summed E-state index contributed by atoms with van der Waals surface area (Å²) in [5.41, 5.74) is 15.5. The Morgan fingerprint density at radius 1 is 0.305 bits per heavy atom. The van der Waals surface area contributed by atoms with Crippen molar-refractivity contribution in [1.29, 1.82) is 0 Å². The number of methoxy groups -OCH3 is 3. The number of fused-ring (bicyclic) bond motifs is 4. The molecule has 16 rings (SSSR count). The van der Waals surface area contributed by atoms with E-state index < -0.39 is 0 Å². The second kappa shape index (κ2) is 28.6. The van der Waals surface area contributed by atoms with Gasteiger partial charge in [0.15, 0.2) is 0 Å². The van der Waals surface area contributed by atoms with Gasteiger partial charge in [0.05, 0.1) is 49.8 Å². The van der Waals surface area contributed by atoms with E-state index in [1.165, 1.54) is 0 Å². The maximum absolute atomic E-state index is 5.35. The van der Waals surface area contributed by atoms with Crippen molar-refractivity contribution in [3.05, 3.63) is 250 Å². The molecule has 0 aliphatic heterocycles. The number of H-pyrrole nitrogens is 4. The number of nitrogens with one attached hydrogen (secondary N) is 8. The number of pyridine rings is 4. The Kier molecular flexibility index (Phi) is 18.2. The summed E-state index contributed by atoms with van der Waals surface area (Å²) in [5.74, 6) is 4.48. The normalized spacial score (nSPS) is 10.7. The van der Waals surface area contributed by atoms with Crippen LogP contribution in [0, 0.1) is 6.92 Å². The SMILES string of the molecule is COc1ccc(Nc2nccc(-c3c[nH]c4ncccc34)n2)cc1.COc1cccc(Nc2nccc(-c3c[nH]c4ncccc34)n2)c1.COc1ccccc1Nc1nccc(-c2c[nH]c3ncccc23)n1.Cc1ccccc1Nc1nccc(-c2c[nH]c3ncccc23)n1. The van der Waals surface area contributed by atoms with Crippen LogP contribution >= 0.6 is 0 Å². The number of para-hydroxylation sites is 3. The van der Waals surface area contributed by atoms with E-state index in [4.69, 9.17) is 14.2 Å². The van der Waals surface area contributed by atoms with E-state index >= 15 is 0 Å². The quantitative estimate of drug-likeness (QED) is 0.0473. The van der Waals surface area contributed by atoms with Crippen LogP contribution in [0.3, 0.4) is 0 Å².